The van der Waals surface area contributed by atoms with Gasteiger partial charge in [0.1, 0.15) is 0 Å². The van der Waals surface area contributed by atoms with Gasteiger partial charge >= 0.3 is 0 Å². The fourth-order valence-corrected chi connectivity index (χ4v) is 2.66. The number of nitrogens with one attached hydrogen (secondary N) is 1. The molecule has 5 nitrogen and oxygen atoms in total. The van der Waals surface area contributed by atoms with Crippen LogP contribution in [0.4, 0.5) is 0 Å². The van der Waals surface area contributed by atoms with Crippen LogP contribution in [-0.4, -0.2) is 42.0 Å². The van der Waals surface area contributed by atoms with Crippen molar-refractivity contribution in [3.63, 3.8) is 0 Å². The Balaban J connectivity index is 1.91. The van der Waals surface area contributed by atoms with Gasteiger partial charge in [-0.15, -0.1) is 0 Å². The lowest BCUT2D eigenvalue weighted by Gasteiger charge is -2.19. The lowest BCUT2D eigenvalue weighted by Crippen LogP contribution is -2.34. The van der Waals surface area contributed by atoms with Crippen molar-refractivity contribution in [2.45, 2.75) is 6.42 Å². The Morgan fingerprint density at radius 2 is 2.14 bits per heavy atom. The molecule has 1 aromatic heterocycles. The number of hydrogen-bond donors (Lipinski definition) is 1. The van der Waals surface area contributed by atoms with Crippen molar-refractivity contribution in [1.82, 2.24) is 15.2 Å². The van der Waals surface area contributed by atoms with E-state index < -0.39 is 0 Å². The second-order valence-corrected chi connectivity index (χ2v) is 5.31. The average Bonchev–Trinajstić information content (AvgIpc) is 2.81. The van der Waals surface area contributed by atoms with E-state index >= 15 is 0 Å². The zero-order valence-electron chi connectivity index (χ0n) is 11.5. The summed E-state index contributed by atoms with van der Waals surface area (Å²) >= 11 is 6.18. The molecule has 21 heavy (non-hydrogen) atoms. The molecule has 0 atom stereocenters. The number of aromatic nitrogens is 1. The topological polar surface area (TPSA) is 58.4 Å². The first-order chi connectivity index (χ1) is 10.3. The van der Waals surface area contributed by atoms with E-state index in [1.54, 1.807) is 11.0 Å². The van der Waals surface area contributed by atoms with Crippen molar-refractivity contribution in [2.24, 2.45) is 0 Å². The number of rotatable bonds is 2. The number of carbonyl (C=O) groups is 1. The smallest absolute Gasteiger partial charge is 0.276 e. The van der Waals surface area contributed by atoms with Crippen LogP contribution in [-0.2, 0) is 0 Å². The minimum absolute atomic E-state index is 0.109. The summed E-state index contributed by atoms with van der Waals surface area (Å²) in [6.45, 7) is 3.12. The van der Waals surface area contributed by atoms with E-state index in [0.29, 0.717) is 28.6 Å². The molecule has 3 rings (SSSR count). The van der Waals surface area contributed by atoms with Gasteiger partial charge in [0.05, 0.1) is 5.02 Å². The molecule has 0 unspecified atom stereocenters. The predicted molar refractivity (Wildman–Crippen MR) is 80.3 cm³/mol. The van der Waals surface area contributed by atoms with Crippen LogP contribution in [0.5, 0.6) is 0 Å². The molecular weight excluding hydrogens is 290 g/mol. The first kappa shape index (κ1) is 14.1. The summed E-state index contributed by atoms with van der Waals surface area (Å²) in [6, 6.07) is 7.28. The van der Waals surface area contributed by atoms with Gasteiger partial charge in [0.2, 0.25) is 0 Å². The number of hydrogen-bond acceptors (Lipinski definition) is 4. The Bertz CT molecular complexity index is 633. The summed E-state index contributed by atoms with van der Waals surface area (Å²) in [5, 5.41) is 3.82. The maximum Gasteiger partial charge on any atom is 0.276 e. The highest BCUT2D eigenvalue weighted by molar-refractivity contribution is 6.33. The summed E-state index contributed by atoms with van der Waals surface area (Å²) in [4.78, 5) is 18.6. The molecule has 1 amide bonds. The molecule has 0 bridgehead atoms. The highest BCUT2D eigenvalue weighted by Gasteiger charge is 2.25. The molecule has 0 saturated carbocycles. The highest BCUT2D eigenvalue weighted by Crippen LogP contribution is 2.30. The van der Waals surface area contributed by atoms with E-state index in [4.69, 9.17) is 16.0 Å². The lowest BCUT2D eigenvalue weighted by atomic mass is 10.1. The molecule has 1 aromatic carbocycles. The molecule has 1 aliphatic heterocycles. The summed E-state index contributed by atoms with van der Waals surface area (Å²) < 4.78 is 5.42. The molecule has 110 valence electrons. The molecule has 0 radical (unpaired) electrons. The third-order valence-corrected chi connectivity index (χ3v) is 3.85. The Morgan fingerprint density at radius 3 is 3.00 bits per heavy atom. The standard InChI is InChI=1S/C15H16ClN3O2/c16-12-5-2-1-4-11(12)14-13(18-10-21-14)15(20)19-8-3-6-17-7-9-19/h1-2,4-5,10,17H,3,6-9H2. The van der Waals surface area contributed by atoms with E-state index in [1.807, 2.05) is 18.2 Å². The third kappa shape index (κ3) is 2.94. The molecule has 1 saturated heterocycles. The van der Waals surface area contributed by atoms with Gasteiger partial charge in [0, 0.05) is 25.2 Å². The Hall–Kier alpha value is -1.85. The van der Waals surface area contributed by atoms with Crippen LogP contribution in [0.15, 0.2) is 35.1 Å². The highest BCUT2D eigenvalue weighted by atomic mass is 35.5. The largest absolute Gasteiger partial charge is 0.443 e. The normalized spacial score (nSPS) is 15.8. The summed E-state index contributed by atoms with van der Waals surface area (Å²) in [6.07, 6.45) is 2.23. The zero-order chi connectivity index (χ0) is 14.7. The maximum atomic E-state index is 12.7. The predicted octanol–water partition coefficient (Wildman–Crippen LogP) is 2.43. The number of nitrogens with zero attached hydrogens (tertiary/aromatic N) is 2. The van der Waals surface area contributed by atoms with Crippen LogP contribution < -0.4 is 5.32 Å². The summed E-state index contributed by atoms with van der Waals surface area (Å²) in [5.74, 6) is 0.324. The SMILES string of the molecule is O=C(c1ncoc1-c1ccccc1Cl)N1CCCNCC1. The van der Waals surface area contributed by atoms with Gasteiger partial charge in [0.25, 0.3) is 5.91 Å². The molecule has 6 heteroatoms. The number of amides is 1. The van der Waals surface area contributed by atoms with Gasteiger partial charge in [-0.05, 0) is 25.1 Å². The number of benzene rings is 1. The first-order valence-electron chi connectivity index (χ1n) is 6.96. The lowest BCUT2D eigenvalue weighted by molar-refractivity contribution is 0.0761. The van der Waals surface area contributed by atoms with Crippen molar-refractivity contribution in [3.8, 4) is 11.3 Å². The zero-order valence-corrected chi connectivity index (χ0v) is 12.3. The van der Waals surface area contributed by atoms with Gasteiger partial charge in [-0.25, -0.2) is 4.98 Å². The van der Waals surface area contributed by atoms with E-state index in [1.165, 1.54) is 6.39 Å². The van der Waals surface area contributed by atoms with Crippen molar-refractivity contribution in [1.29, 1.82) is 0 Å². The fourth-order valence-electron chi connectivity index (χ4n) is 2.43. The molecular formula is C15H16ClN3O2. The number of oxazole rings is 1. The van der Waals surface area contributed by atoms with E-state index in [9.17, 15) is 4.79 Å². The molecule has 2 aromatic rings. The van der Waals surface area contributed by atoms with Crippen molar-refractivity contribution < 1.29 is 9.21 Å². The Labute approximate surface area is 127 Å². The van der Waals surface area contributed by atoms with Crippen molar-refractivity contribution in [3.05, 3.63) is 41.4 Å². The molecule has 0 aliphatic carbocycles. The Morgan fingerprint density at radius 1 is 1.29 bits per heavy atom. The number of carbonyl (C=O) groups excluding carboxylic acids is 1. The molecule has 1 N–H and O–H groups in total. The fraction of sp³-hybridized carbons (Fsp3) is 0.333. The second kappa shape index (κ2) is 6.28. The van der Waals surface area contributed by atoms with E-state index in [-0.39, 0.29) is 5.91 Å². The third-order valence-electron chi connectivity index (χ3n) is 3.52. The van der Waals surface area contributed by atoms with Crippen LogP contribution in [0.25, 0.3) is 11.3 Å². The van der Waals surface area contributed by atoms with Gasteiger partial charge in [-0.2, -0.15) is 0 Å². The van der Waals surface area contributed by atoms with Crippen LogP contribution in [0, 0.1) is 0 Å². The van der Waals surface area contributed by atoms with Gasteiger partial charge < -0.3 is 14.6 Å². The number of halogens is 1. The summed E-state index contributed by atoms with van der Waals surface area (Å²) in [7, 11) is 0. The van der Waals surface area contributed by atoms with Gasteiger partial charge in [0.15, 0.2) is 17.8 Å². The van der Waals surface area contributed by atoms with E-state index in [2.05, 4.69) is 10.3 Å². The van der Waals surface area contributed by atoms with Crippen molar-refractivity contribution in [2.75, 3.05) is 26.2 Å². The first-order valence-corrected chi connectivity index (χ1v) is 7.33. The molecule has 2 heterocycles. The van der Waals surface area contributed by atoms with Crippen LogP contribution in [0.2, 0.25) is 5.02 Å². The second-order valence-electron chi connectivity index (χ2n) is 4.91. The van der Waals surface area contributed by atoms with Crippen LogP contribution in [0.3, 0.4) is 0 Å². The van der Waals surface area contributed by atoms with Crippen LogP contribution >= 0.6 is 11.6 Å². The maximum absolute atomic E-state index is 12.7. The minimum Gasteiger partial charge on any atom is -0.443 e. The molecule has 0 spiro atoms. The van der Waals surface area contributed by atoms with Crippen molar-refractivity contribution >= 4 is 17.5 Å². The monoisotopic (exact) mass is 305 g/mol. The average molecular weight is 306 g/mol. The van der Waals surface area contributed by atoms with Crippen LogP contribution in [0.1, 0.15) is 16.9 Å². The quantitative estimate of drug-likeness (QED) is 0.926. The molecule has 1 fully saturated rings. The summed E-state index contributed by atoms with van der Waals surface area (Å²) in [5.41, 5.74) is 1.01. The van der Waals surface area contributed by atoms with Gasteiger partial charge in [-0.3, -0.25) is 4.79 Å². The van der Waals surface area contributed by atoms with Gasteiger partial charge in [-0.1, -0.05) is 23.7 Å². The molecule has 1 aliphatic rings. The minimum atomic E-state index is -0.109. The van der Waals surface area contributed by atoms with E-state index in [0.717, 1.165) is 26.1 Å². The Kier molecular flexibility index (Phi) is 4.22.